The number of amides is 1. The Bertz CT molecular complexity index is 557. The zero-order valence-corrected chi connectivity index (χ0v) is 12.4. The predicted octanol–water partition coefficient (Wildman–Crippen LogP) is -0.565. The maximum Gasteiger partial charge on any atom is 0.227 e. The highest BCUT2D eigenvalue weighted by Crippen LogP contribution is 2.20. The number of piperidine rings is 1. The number of aromatic nitrogens is 3. The van der Waals surface area contributed by atoms with E-state index in [0.29, 0.717) is 31.8 Å². The summed E-state index contributed by atoms with van der Waals surface area (Å²) in [5, 5.41) is 6.43. The van der Waals surface area contributed by atoms with Crippen LogP contribution in [-0.4, -0.2) is 65.1 Å². The van der Waals surface area contributed by atoms with Crippen LogP contribution in [0.5, 0.6) is 0 Å². The average Bonchev–Trinajstić information content (AvgIpc) is 2.90. The molecule has 1 amide bonds. The van der Waals surface area contributed by atoms with Crippen LogP contribution in [-0.2, 0) is 21.4 Å². The first-order valence-electron chi connectivity index (χ1n) is 6.42. The Morgan fingerprint density at radius 3 is 2.95 bits per heavy atom. The van der Waals surface area contributed by atoms with Crippen LogP contribution >= 0.6 is 0 Å². The Morgan fingerprint density at radius 1 is 1.60 bits per heavy atom. The van der Waals surface area contributed by atoms with E-state index in [0.717, 1.165) is 0 Å². The van der Waals surface area contributed by atoms with Gasteiger partial charge >= 0.3 is 0 Å². The Balaban J connectivity index is 1.98. The van der Waals surface area contributed by atoms with Gasteiger partial charge in [-0.15, -0.1) is 0 Å². The number of sulfonamides is 1. The fourth-order valence-corrected chi connectivity index (χ4v) is 3.28. The van der Waals surface area contributed by atoms with Crippen LogP contribution in [0, 0.1) is 5.92 Å². The van der Waals surface area contributed by atoms with Crippen LogP contribution in [0.3, 0.4) is 0 Å². The summed E-state index contributed by atoms with van der Waals surface area (Å²) < 4.78 is 24.5. The molecule has 112 valence electrons. The van der Waals surface area contributed by atoms with Crippen molar-refractivity contribution in [3.05, 3.63) is 12.2 Å². The Kier molecular flexibility index (Phi) is 4.39. The van der Waals surface area contributed by atoms with Gasteiger partial charge in [0.25, 0.3) is 0 Å². The molecule has 1 aromatic rings. The molecule has 0 spiro atoms. The summed E-state index contributed by atoms with van der Waals surface area (Å²) >= 11 is 0. The number of H-pyrrole nitrogens is 1. The topological polar surface area (TPSA) is 99.3 Å². The van der Waals surface area contributed by atoms with Crippen molar-refractivity contribution in [3.63, 3.8) is 0 Å². The molecule has 0 bridgehead atoms. The van der Waals surface area contributed by atoms with Crippen molar-refractivity contribution in [2.24, 2.45) is 5.92 Å². The number of hydrogen-bond donors (Lipinski definition) is 1. The maximum atomic E-state index is 12.3. The van der Waals surface area contributed by atoms with E-state index in [4.69, 9.17) is 0 Å². The average molecular weight is 301 g/mol. The molecule has 1 fully saturated rings. The van der Waals surface area contributed by atoms with E-state index in [-0.39, 0.29) is 18.4 Å². The van der Waals surface area contributed by atoms with Crippen LogP contribution in [0.15, 0.2) is 6.33 Å². The first kappa shape index (κ1) is 14.9. The van der Waals surface area contributed by atoms with Gasteiger partial charge in [-0.05, 0) is 12.8 Å². The lowest BCUT2D eigenvalue weighted by Gasteiger charge is -2.32. The molecule has 20 heavy (non-hydrogen) atoms. The number of nitrogens with one attached hydrogen (secondary N) is 1. The zero-order valence-electron chi connectivity index (χ0n) is 11.6. The van der Waals surface area contributed by atoms with Gasteiger partial charge in [-0.3, -0.25) is 9.89 Å². The summed E-state index contributed by atoms with van der Waals surface area (Å²) in [4.78, 5) is 17.9. The van der Waals surface area contributed by atoms with Crippen molar-refractivity contribution in [2.45, 2.75) is 19.4 Å². The molecule has 0 aromatic carbocycles. The van der Waals surface area contributed by atoms with Crippen LogP contribution in [0.4, 0.5) is 0 Å². The molecule has 1 N–H and O–H groups in total. The molecule has 8 nitrogen and oxygen atoms in total. The smallest absolute Gasteiger partial charge is 0.227 e. The van der Waals surface area contributed by atoms with Crippen LogP contribution < -0.4 is 0 Å². The summed E-state index contributed by atoms with van der Waals surface area (Å²) in [5.74, 6) is 0.262. The standard InChI is InChI=1S/C11H19N5O3S/c1-15(7-10-12-8-13-14-10)11(17)9-4-3-5-16(6-9)20(2,18)19/h8-9H,3-7H2,1-2H3,(H,12,13,14). The number of rotatable bonds is 4. The van der Waals surface area contributed by atoms with Crippen LogP contribution in [0.2, 0.25) is 0 Å². The van der Waals surface area contributed by atoms with E-state index in [2.05, 4.69) is 15.2 Å². The molecule has 1 aliphatic heterocycles. The van der Waals surface area contributed by atoms with Gasteiger partial charge in [0.15, 0.2) is 0 Å². The maximum absolute atomic E-state index is 12.3. The molecule has 1 aromatic heterocycles. The molecule has 0 aliphatic carbocycles. The van der Waals surface area contributed by atoms with Crippen LogP contribution in [0.1, 0.15) is 18.7 Å². The predicted molar refractivity (Wildman–Crippen MR) is 72.0 cm³/mol. The quantitative estimate of drug-likeness (QED) is 0.803. The summed E-state index contributed by atoms with van der Waals surface area (Å²) in [5.41, 5.74) is 0. The summed E-state index contributed by atoms with van der Waals surface area (Å²) in [7, 11) is -1.55. The van der Waals surface area contributed by atoms with Crippen molar-refractivity contribution in [1.29, 1.82) is 0 Å². The van der Waals surface area contributed by atoms with E-state index < -0.39 is 10.0 Å². The normalized spacial score (nSPS) is 20.8. The van der Waals surface area contributed by atoms with Gasteiger partial charge in [-0.25, -0.2) is 17.7 Å². The summed E-state index contributed by atoms with van der Waals surface area (Å²) in [6.45, 7) is 1.10. The highest BCUT2D eigenvalue weighted by Gasteiger charge is 2.31. The molecule has 2 heterocycles. The van der Waals surface area contributed by atoms with Crippen molar-refractivity contribution < 1.29 is 13.2 Å². The van der Waals surface area contributed by atoms with Gasteiger partial charge in [-0.2, -0.15) is 5.10 Å². The van der Waals surface area contributed by atoms with E-state index in [1.165, 1.54) is 16.9 Å². The molecule has 0 radical (unpaired) electrons. The van der Waals surface area contributed by atoms with Gasteiger partial charge < -0.3 is 4.90 Å². The lowest BCUT2D eigenvalue weighted by Crippen LogP contribution is -2.45. The summed E-state index contributed by atoms with van der Waals surface area (Å²) in [6, 6.07) is 0. The van der Waals surface area contributed by atoms with Gasteiger partial charge in [-0.1, -0.05) is 0 Å². The van der Waals surface area contributed by atoms with Gasteiger partial charge in [0, 0.05) is 20.1 Å². The largest absolute Gasteiger partial charge is 0.338 e. The van der Waals surface area contributed by atoms with E-state index in [1.54, 1.807) is 11.9 Å². The van der Waals surface area contributed by atoms with Gasteiger partial charge in [0.2, 0.25) is 15.9 Å². The third kappa shape index (κ3) is 3.54. The first-order chi connectivity index (χ1) is 9.38. The molecule has 1 unspecified atom stereocenters. The van der Waals surface area contributed by atoms with Crippen molar-refractivity contribution in [3.8, 4) is 0 Å². The second-order valence-electron chi connectivity index (χ2n) is 5.09. The van der Waals surface area contributed by atoms with E-state index in [1.807, 2.05) is 0 Å². The Labute approximate surface area is 118 Å². The second-order valence-corrected chi connectivity index (χ2v) is 7.07. The molecule has 1 aliphatic rings. The zero-order chi connectivity index (χ0) is 14.8. The lowest BCUT2D eigenvalue weighted by molar-refractivity contribution is -0.136. The fourth-order valence-electron chi connectivity index (χ4n) is 2.37. The first-order valence-corrected chi connectivity index (χ1v) is 8.27. The van der Waals surface area contributed by atoms with E-state index >= 15 is 0 Å². The monoisotopic (exact) mass is 301 g/mol. The molecule has 0 saturated carbocycles. The number of carbonyl (C=O) groups is 1. The number of hydrogen-bond acceptors (Lipinski definition) is 5. The minimum Gasteiger partial charge on any atom is -0.338 e. The number of carbonyl (C=O) groups excluding carboxylic acids is 1. The number of aromatic amines is 1. The lowest BCUT2D eigenvalue weighted by atomic mass is 9.98. The Hall–Kier alpha value is -1.48. The van der Waals surface area contributed by atoms with Gasteiger partial charge in [0.1, 0.15) is 12.2 Å². The minimum atomic E-state index is -3.23. The fraction of sp³-hybridized carbons (Fsp3) is 0.727. The minimum absolute atomic E-state index is 0.0604. The van der Waals surface area contributed by atoms with Gasteiger partial charge in [0.05, 0.1) is 18.7 Å². The molecule has 1 saturated heterocycles. The highest BCUT2D eigenvalue weighted by atomic mass is 32.2. The summed E-state index contributed by atoms with van der Waals surface area (Å²) in [6.07, 6.45) is 3.99. The SMILES string of the molecule is CN(Cc1ncn[nH]1)C(=O)C1CCCN(S(C)(=O)=O)C1. The molecular weight excluding hydrogens is 282 g/mol. The number of nitrogens with zero attached hydrogens (tertiary/aromatic N) is 4. The van der Waals surface area contributed by atoms with Crippen molar-refractivity contribution in [1.82, 2.24) is 24.4 Å². The molecular formula is C11H19N5O3S. The van der Waals surface area contributed by atoms with Crippen molar-refractivity contribution in [2.75, 3.05) is 26.4 Å². The molecule has 2 rings (SSSR count). The third-order valence-electron chi connectivity index (χ3n) is 3.43. The van der Waals surface area contributed by atoms with Crippen LogP contribution in [0.25, 0.3) is 0 Å². The van der Waals surface area contributed by atoms with E-state index in [9.17, 15) is 13.2 Å². The second kappa shape index (κ2) is 5.88. The third-order valence-corrected chi connectivity index (χ3v) is 4.70. The Morgan fingerprint density at radius 2 is 2.35 bits per heavy atom. The highest BCUT2D eigenvalue weighted by molar-refractivity contribution is 7.88. The molecule has 1 atom stereocenters. The van der Waals surface area contributed by atoms with Crippen molar-refractivity contribution >= 4 is 15.9 Å². The molecule has 9 heteroatoms.